The molecule has 0 radical (unpaired) electrons. The van der Waals surface area contributed by atoms with Crippen LogP contribution >= 0.6 is 0 Å². The molecule has 5 nitrogen and oxygen atoms in total. The summed E-state index contributed by atoms with van der Waals surface area (Å²) in [5.41, 5.74) is 9.79. The molecular formula is C25H24N2O3S. The van der Waals surface area contributed by atoms with Crippen molar-refractivity contribution in [1.82, 2.24) is 4.98 Å². The molecule has 0 fully saturated rings. The average Bonchev–Trinajstić information content (AvgIpc) is 3.14. The predicted molar refractivity (Wildman–Crippen MR) is 123 cm³/mol. The highest BCUT2D eigenvalue weighted by Crippen LogP contribution is 2.42. The van der Waals surface area contributed by atoms with Crippen molar-refractivity contribution in [2.45, 2.75) is 36.1 Å². The number of carbonyl (C=O) groups is 1. The number of aromatic nitrogens is 1. The topological polar surface area (TPSA) is 93.0 Å². The van der Waals surface area contributed by atoms with E-state index in [0.29, 0.717) is 22.2 Å². The van der Waals surface area contributed by atoms with Gasteiger partial charge in [-0.2, -0.15) is 0 Å². The number of anilines is 1. The monoisotopic (exact) mass is 432 g/mol. The minimum atomic E-state index is -3.88. The number of aromatic amines is 1. The third kappa shape index (κ3) is 3.86. The molecule has 0 saturated heterocycles. The molecule has 4 aromatic rings. The van der Waals surface area contributed by atoms with Crippen LogP contribution in [0.25, 0.3) is 10.9 Å². The van der Waals surface area contributed by atoms with Gasteiger partial charge in [-0.3, -0.25) is 4.79 Å². The van der Waals surface area contributed by atoms with Gasteiger partial charge in [0.05, 0.1) is 4.90 Å². The molecule has 1 atom stereocenters. The highest BCUT2D eigenvalue weighted by Gasteiger charge is 2.32. The minimum Gasteiger partial charge on any atom is -0.398 e. The summed E-state index contributed by atoms with van der Waals surface area (Å²) in [7, 11) is -3.88. The number of rotatable bonds is 6. The molecule has 3 N–H and O–H groups in total. The lowest BCUT2D eigenvalue weighted by molar-refractivity contribution is -0.117. The van der Waals surface area contributed by atoms with Crippen molar-refractivity contribution >= 4 is 32.2 Å². The summed E-state index contributed by atoms with van der Waals surface area (Å²) in [4.78, 5) is 15.5. The van der Waals surface area contributed by atoms with Crippen LogP contribution in [0.2, 0.25) is 0 Å². The van der Waals surface area contributed by atoms with Gasteiger partial charge in [0.25, 0.3) is 0 Å². The van der Waals surface area contributed by atoms with Gasteiger partial charge in [0.15, 0.2) is 0 Å². The Balaban J connectivity index is 2.05. The summed E-state index contributed by atoms with van der Waals surface area (Å²) in [6.07, 6.45) is 0.168. The normalized spacial score (nSPS) is 12.7. The maximum Gasteiger partial charge on any atom is 0.222 e. The van der Waals surface area contributed by atoms with E-state index in [1.807, 2.05) is 37.3 Å². The largest absolute Gasteiger partial charge is 0.398 e. The summed E-state index contributed by atoms with van der Waals surface area (Å²) >= 11 is 0. The standard InChI is InChI=1S/C25H24N2O3S/c1-16-11-13-19(14-12-16)31(29,30)25-23(24-21(26)9-6-10-22(24)27-25)20(15-17(2)28)18-7-4-3-5-8-18/h3-14,20,27H,15,26H2,1-2H3. The number of nitrogens with one attached hydrogen (secondary N) is 1. The molecule has 6 heteroatoms. The van der Waals surface area contributed by atoms with Crippen LogP contribution < -0.4 is 5.73 Å². The summed E-state index contributed by atoms with van der Waals surface area (Å²) < 4.78 is 27.4. The van der Waals surface area contributed by atoms with Gasteiger partial charge in [-0.05, 0) is 43.7 Å². The lowest BCUT2D eigenvalue weighted by Gasteiger charge is -2.19. The zero-order chi connectivity index (χ0) is 22.2. The van der Waals surface area contributed by atoms with E-state index in [-0.39, 0.29) is 22.1 Å². The molecule has 4 rings (SSSR count). The number of carbonyl (C=O) groups excluding carboxylic acids is 1. The number of fused-ring (bicyclic) bond motifs is 1. The Labute approximate surface area is 181 Å². The average molecular weight is 433 g/mol. The van der Waals surface area contributed by atoms with Crippen molar-refractivity contribution in [1.29, 1.82) is 0 Å². The second kappa shape index (κ2) is 8.04. The molecule has 3 aromatic carbocycles. The highest BCUT2D eigenvalue weighted by atomic mass is 32.2. The van der Waals surface area contributed by atoms with Gasteiger partial charge in [0.1, 0.15) is 10.8 Å². The van der Waals surface area contributed by atoms with Crippen LogP contribution in [0.1, 0.15) is 36.0 Å². The molecule has 0 aliphatic heterocycles. The quantitative estimate of drug-likeness (QED) is 0.419. The van der Waals surface area contributed by atoms with Crippen molar-refractivity contribution in [3.05, 3.63) is 89.5 Å². The number of hydrogen-bond acceptors (Lipinski definition) is 4. The van der Waals surface area contributed by atoms with E-state index in [1.165, 1.54) is 6.92 Å². The van der Waals surface area contributed by atoms with E-state index in [2.05, 4.69) is 4.98 Å². The molecular weight excluding hydrogens is 408 g/mol. The number of sulfone groups is 1. The first-order chi connectivity index (χ1) is 14.8. The molecule has 1 unspecified atom stereocenters. The molecule has 0 saturated carbocycles. The van der Waals surface area contributed by atoms with Crippen LogP contribution in [-0.2, 0) is 14.6 Å². The molecule has 31 heavy (non-hydrogen) atoms. The SMILES string of the molecule is CC(=O)CC(c1ccccc1)c1c(S(=O)(=O)c2ccc(C)cc2)[nH]c2cccc(N)c12. The van der Waals surface area contributed by atoms with E-state index >= 15 is 0 Å². The first-order valence-electron chi connectivity index (χ1n) is 10.0. The number of aryl methyl sites for hydroxylation is 1. The smallest absolute Gasteiger partial charge is 0.222 e. The van der Waals surface area contributed by atoms with Crippen LogP contribution in [-0.4, -0.2) is 19.2 Å². The van der Waals surface area contributed by atoms with Crippen molar-refractivity contribution in [2.75, 3.05) is 5.73 Å². The Hall–Kier alpha value is -3.38. The Morgan fingerprint density at radius 2 is 1.65 bits per heavy atom. The first-order valence-corrected chi connectivity index (χ1v) is 11.5. The van der Waals surface area contributed by atoms with Gasteiger partial charge in [-0.25, -0.2) is 8.42 Å². The minimum absolute atomic E-state index is 0.0311. The Bertz CT molecular complexity index is 1360. The van der Waals surface area contributed by atoms with Crippen molar-refractivity contribution in [2.24, 2.45) is 0 Å². The fourth-order valence-corrected chi connectivity index (χ4v) is 5.53. The van der Waals surface area contributed by atoms with Gasteiger partial charge >= 0.3 is 0 Å². The number of nitrogens with two attached hydrogens (primary N) is 1. The molecule has 0 spiro atoms. The van der Waals surface area contributed by atoms with E-state index < -0.39 is 15.8 Å². The fraction of sp³-hybridized carbons (Fsp3) is 0.160. The van der Waals surface area contributed by atoms with Gasteiger partial charge in [0.2, 0.25) is 9.84 Å². The molecule has 158 valence electrons. The Kier molecular flexibility index (Phi) is 5.41. The summed E-state index contributed by atoms with van der Waals surface area (Å²) in [6.45, 7) is 3.42. The second-order valence-corrected chi connectivity index (χ2v) is 9.71. The maximum atomic E-state index is 13.7. The third-order valence-corrected chi connectivity index (χ3v) is 7.25. The van der Waals surface area contributed by atoms with E-state index in [4.69, 9.17) is 5.73 Å². The van der Waals surface area contributed by atoms with Gasteiger partial charge < -0.3 is 10.7 Å². The lowest BCUT2D eigenvalue weighted by atomic mass is 9.87. The highest BCUT2D eigenvalue weighted by molar-refractivity contribution is 7.91. The van der Waals surface area contributed by atoms with Gasteiger partial charge in [-0.15, -0.1) is 0 Å². The molecule has 0 amide bonds. The van der Waals surface area contributed by atoms with Crippen molar-refractivity contribution < 1.29 is 13.2 Å². The summed E-state index contributed by atoms with van der Waals surface area (Å²) in [5.74, 6) is -0.483. The summed E-state index contributed by atoms with van der Waals surface area (Å²) in [5, 5.41) is 0.725. The van der Waals surface area contributed by atoms with Gasteiger partial charge in [-0.1, -0.05) is 54.1 Å². The summed E-state index contributed by atoms with van der Waals surface area (Å²) in [6, 6.07) is 21.6. The molecule has 0 bridgehead atoms. The Morgan fingerprint density at radius 3 is 2.29 bits per heavy atom. The molecule has 1 heterocycles. The number of H-pyrrole nitrogens is 1. The van der Waals surface area contributed by atoms with Crippen molar-refractivity contribution in [3.63, 3.8) is 0 Å². The number of ketones is 1. The van der Waals surface area contributed by atoms with Gasteiger partial charge in [0, 0.05) is 34.5 Å². The van der Waals surface area contributed by atoms with Crippen LogP contribution in [0.15, 0.2) is 82.7 Å². The van der Waals surface area contributed by atoms with Crippen LogP contribution in [0, 0.1) is 6.92 Å². The number of benzene rings is 3. The van der Waals surface area contributed by atoms with Crippen LogP contribution in [0.3, 0.4) is 0 Å². The molecule has 0 aliphatic rings. The molecule has 1 aromatic heterocycles. The fourth-order valence-electron chi connectivity index (χ4n) is 4.02. The molecule has 0 aliphatic carbocycles. The van der Waals surface area contributed by atoms with E-state index in [0.717, 1.165) is 11.1 Å². The zero-order valence-electron chi connectivity index (χ0n) is 17.4. The van der Waals surface area contributed by atoms with Crippen molar-refractivity contribution in [3.8, 4) is 0 Å². The van der Waals surface area contributed by atoms with E-state index in [1.54, 1.807) is 42.5 Å². The Morgan fingerprint density at radius 1 is 0.968 bits per heavy atom. The third-order valence-electron chi connectivity index (χ3n) is 5.50. The maximum absolute atomic E-state index is 13.7. The number of Topliss-reactive ketones (excluding diaryl/α,β-unsaturated/α-hetero) is 1. The number of hydrogen-bond donors (Lipinski definition) is 2. The predicted octanol–water partition coefficient (Wildman–Crippen LogP) is 5.00. The van der Waals surface area contributed by atoms with E-state index in [9.17, 15) is 13.2 Å². The lowest BCUT2D eigenvalue weighted by Crippen LogP contribution is -2.12. The first kappa shape index (κ1) is 20.9. The zero-order valence-corrected chi connectivity index (χ0v) is 18.2. The van der Waals surface area contributed by atoms with Crippen LogP contribution in [0.5, 0.6) is 0 Å². The van der Waals surface area contributed by atoms with Crippen LogP contribution in [0.4, 0.5) is 5.69 Å². The second-order valence-electron chi connectivity index (χ2n) is 7.82. The number of nitrogen functional groups attached to an aromatic ring is 1.